The largest absolute Gasteiger partial charge is 0.308 e. The first-order valence-corrected chi connectivity index (χ1v) is 9.17. The van der Waals surface area contributed by atoms with Crippen LogP contribution in [-0.4, -0.2) is 61.0 Å². The molecule has 1 fully saturated rings. The van der Waals surface area contributed by atoms with Crippen LogP contribution >= 0.6 is 11.3 Å². The summed E-state index contributed by atoms with van der Waals surface area (Å²) in [6.07, 6.45) is 1.81. The number of benzene rings is 1. The van der Waals surface area contributed by atoms with Crippen LogP contribution in [0.25, 0.3) is 10.2 Å². The van der Waals surface area contributed by atoms with Gasteiger partial charge in [-0.3, -0.25) is 4.79 Å². The van der Waals surface area contributed by atoms with Crippen molar-refractivity contribution in [3.8, 4) is 0 Å². The van der Waals surface area contributed by atoms with E-state index < -0.39 is 11.6 Å². The molecule has 0 aliphatic carbocycles. The first-order chi connectivity index (χ1) is 11.9. The van der Waals surface area contributed by atoms with Crippen LogP contribution < -0.4 is 5.32 Å². The second kappa shape index (κ2) is 7.72. The summed E-state index contributed by atoms with van der Waals surface area (Å²) in [7, 11) is 4.06. The van der Waals surface area contributed by atoms with Crippen LogP contribution in [-0.2, 0) is 4.79 Å². The van der Waals surface area contributed by atoms with Crippen LogP contribution in [0, 0.1) is 17.6 Å². The van der Waals surface area contributed by atoms with Crippen LogP contribution in [0.4, 0.5) is 13.9 Å². The summed E-state index contributed by atoms with van der Waals surface area (Å²) in [6, 6.07) is 2.03. The van der Waals surface area contributed by atoms with Crippen molar-refractivity contribution in [3.05, 3.63) is 23.8 Å². The van der Waals surface area contributed by atoms with Crippen molar-refractivity contribution >= 4 is 32.6 Å². The number of rotatable bonds is 5. The molecule has 136 valence electrons. The minimum absolute atomic E-state index is 0.0953. The molecular weight excluding hydrogens is 346 g/mol. The summed E-state index contributed by atoms with van der Waals surface area (Å²) >= 11 is 1.09. The van der Waals surface area contributed by atoms with Gasteiger partial charge in [0.05, 0.1) is 10.6 Å². The SMILES string of the molecule is CN(C)CCN1CCC[C@H](C(=O)Nc2nc3c(F)cc(F)cc3s2)C1. The number of fused-ring (bicyclic) bond motifs is 1. The summed E-state index contributed by atoms with van der Waals surface area (Å²) in [5.74, 6) is -1.56. The van der Waals surface area contributed by atoms with Gasteiger partial charge >= 0.3 is 0 Å². The zero-order chi connectivity index (χ0) is 18.0. The molecule has 1 aliphatic rings. The molecule has 1 aliphatic heterocycles. The van der Waals surface area contributed by atoms with Crippen molar-refractivity contribution in [2.75, 3.05) is 45.6 Å². The molecule has 1 saturated heterocycles. The Kier molecular flexibility index (Phi) is 5.61. The second-order valence-corrected chi connectivity index (χ2v) is 7.72. The highest BCUT2D eigenvalue weighted by Gasteiger charge is 2.26. The summed E-state index contributed by atoms with van der Waals surface area (Å²) in [5, 5.41) is 3.09. The quantitative estimate of drug-likeness (QED) is 0.882. The van der Waals surface area contributed by atoms with E-state index in [2.05, 4.69) is 20.1 Å². The summed E-state index contributed by atoms with van der Waals surface area (Å²) < 4.78 is 27.4. The first kappa shape index (κ1) is 18.2. The second-order valence-electron chi connectivity index (χ2n) is 6.69. The standard InChI is InChI=1S/C17H22F2N4OS/c1-22(2)6-7-23-5-3-4-11(10-23)16(24)21-17-20-15-13(19)8-12(18)9-14(15)25-17/h8-9,11H,3-7,10H2,1-2H3,(H,20,21,24)/t11-/m0/s1. The molecule has 1 amide bonds. The van der Waals surface area contributed by atoms with Crippen LogP contribution in [0.1, 0.15) is 12.8 Å². The lowest BCUT2D eigenvalue weighted by Crippen LogP contribution is -2.43. The van der Waals surface area contributed by atoms with Crippen molar-refractivity contribution in [1.82, 2.24) is 14.8 Å². The summed E-state index contributed by atoms with van der Waals surface area (Å²) in [4.78, 5) is 21.0. The third-order valence-electron chi connectivity index (χ3n) is 4.38. The number of likely N-dealkylation sites (tertiary alicyclic amines) is 1. The number of amides is 1. The van der Waals surface area contributed by atoms with Gasteiger partial charge in [-0.1, -0.05) is 11.3 Å². The van der Waals surface area contributed by atoms with Crippen molar-refractivity contribution in [2.45, 2.75) is 12.8 Å². The number of carbonyl (C=O) groups excluding carboxylic acids is 1. The highest BCUT2D eigenvalue weighted by Crippen LogP contribution is 2.29. The lowest BCUT2D eigenvalue weighted by Gasteiger charge is -2.32. The van der Waals surface area contributed by atoms with E-state index in [0.717, 1.165) is 49.9 Å². The van der Waals surface area contributed by atoms with Crippen LogP contribution in [0.15, 0.2) is 12.1 Å². The molecule has 2 aromatic rings. The van der Waals surface area contributed by atoms with E-state index >= 15 is 0 Å². The average Bonchev–Trinajstić information content (AvgIpc) is 2.96. The molecule has 1 atom stereocenters. The Morgan fingerprint density at radius 3 is 3.00 bits per heavy atom. The number of nitrogens with one attached hydrogen (secondary N) is 1. The Hall–Kier alpha value is -1.64. The maximum Gasteiger partial charge on any atom is 0.230 e. The van der Waals surface area contributed by atoms with E-state index in [1.807, 2.05) is 14.1 Å². The number of piperidine rings is 1. The highest BCUT2D eigenvalue weighted by molar-refractivity contribution is 7.22. The summed E-state index contributed by atoms with van der Waals surface area (Å²) in [6.45, 7) is 3.61. The Balaban J connectivity index is 1.64. The lowest BCUT2D eigenvalue weighted by atomic mass is 9.97. The minimum Gasteiger partial charge on any atom is -0.308 e. The predicted octanol–water partition coefficient (Wildman–Crippen LogP) is 2.79. The third kappa shape index (κ3) is 4.50. The van der Waals surface area contributed by atoms with Crippen LogP contribution in [0.3, 0.4) is 0 Å². The van der Waals surface area contributed by atoms with Crippen molar-refractivity contribution in [2.24, 2.45) is 5.92 Å². The van der Waals surface area contributed by atoms with E-state index in [0.29, 0.717) is 16.4 Å². The van der Waals surface area contributed by atoms with Gasteiger partial charge < -0.3 is 15.1 Å². The van der Waals surface area contributed by atoms with Crippen molar-refractivity contribution in [3.63, 3.8) is 0 Å². The van der Waals surface area contributed by atoms with Gasteiger partial charge in [0.15, 0.2) is 10.9 Å². The molecule has 1 aromatic heterocycles. The van der Waals surface area contributed by atoms with E-state index in [9.17, 15) is 13.6 Å². The monoisotopic (exact) mass is 368 g/mol. The molecule has 1 aromatic carbocycles. The zero-order valence-electron chi connectivity index (χ0n) is 14.4. The topological polar surface area (TPSA) is 48.5 Å². The highest BCUT2D eigenvalue weighted by atomic mass is 32.1. The van der Waals surface area contributed by atoms with Gasteiger partial charge in [-0.15, -0.1) is 0 Å². The number of halogens is 2. The maximum absolute atomic E-state index is 13.7. The Bertz CT molecular complexity index is 764. The molecule has 5 nitrogen and oxygen atoms in total. The Morgan fingerprint density at radius 2 is 2.24 bits per heavy atom. The summed E-state index contributed by atoms with van der Waals surface area (Å²) in [5.41, 5.74) is 0.0953. The fourth-order valence-electron chi connectivity index (χ4n) is 3.03. The van der Waals surface area contributed by atoms with Gasteiger partial charge in [-0.2, -0.15) is 0 Å². The molecule has 0 saturated carbocycles. The maximum atomic E-state index is 13.7. The van der Waals surface area contributed by atoms with Gasteiger partial charge in [0.25, 0.3) is 0 Å². The van der Waals surface area contributed by atoms with E-state index in [1.54, 1.807) is 0 Å². The number of aromatic nitrogens is 1. The van der Waals surface area contributed by atoms with Gasteiger partial charge in [-0.25, -0.2) is 13.8 Å². The van der Waals surface area contributed by atoms with Gasteiger partial charge in [0.1, 0.15) is 11.3 Å². The molecular formula is C17H22F2N4OS. The Morgan fingerprint density at radius 1 is 1.44 bits per heavy atom. The normalized spacial score (nSPS) is 18.8. The first-order valence-electron chi connectivity index (χ1n) is 8.36. The number of nitrogens with zero attached hydrogens (tertiary/aromatic N) is 3. The average molecular weight is 368 g/mol. The third-order valence-corrected chi connectivity index (χ3v) is 5.30. The number of hydrogen-bond acceptors (Lipinski definition) is 5. The number of hydrogen-bond donors (Lipinski definition) is 1. The van der Waals surface area contributed by atoms with Gasteiger partial charge in [0.2, 0.25) is 5.91 Å². The molecule has 2 heterocycles. The predicted molar refractivity (Wildman–Crippen MR) is 95.9 cm³/mol. The smallest absolute Gasteiger partial charge is 0.230 e. The van der Waals surface area contributed by atoms with E-state index in [4.69, 9.17) is 0 Å². The number of anilines is 1. The molecule has 1 N–H and O–H groups in total. The number of thiazole rings is 1. The Labute approximate surface area is 149 Å². The molecule has 3 rings (SSSR count). The van der Waals surface area contributed by atoms with Crippen molar-refractivity contribution in [1.29, 1.82) is 0 Å². The molecule has 0 bridgehead atoms. The lowest BCUT2D eigenvalue weighted by molar-refractivity contribution is -0.121. The van der Waals surface area contributed by atoms with E-state index in [1.165, 1.54) is 6.07 Å². The number of likely N-dealkylation sites (N-methyl/N-ethyl adjacent to an activating group) is 1. The van der Waals surface area contributed by atoms with Crippen molar-refractivity contribution < 1.29 is 13.6 Å². The zero-order valence-corrected chi connectivity index (χ0v) is 15.2. The fourth-order valence-corrected chi connectivity index (χ4v) is 3.94. The number of carbonyl (C=O) groups is 1. The van der Waals surface area contributed by atoms with Crippen LogP contribution in [0.2, 0.25) is 0 Å². The fraction of sp³-hybridized carbons (Fsp3) is 0.529. The van der Waals surface area contributed by atoms with Crippen LogP contribution in [0.5, 0.6) is 0 Å². The van der Waals surface area contributed by atoms with E-state index in [-0.39, 0.29) is 17.3 Å². The van der Waals surface area contributed by atoms with Gasteiger partial charge in [0, 0.05) is 25.7 Å². The molecule has 0 spiro atoms. The molecule has 0 radical (unpaired) electrons. The molecule has 8 heteroatoms. The molecule has 25 heavy (non-hydrogen) atoms. The minimum atomic E-state index is -0.709. The molecule has 0 unspecified atom stereocenters. The van der Waals surface area contributed by atoms with Gasteiger partial charge in [-0.05, 0) is 39.5 Å².